The minimum absolute atomic E-state index is 0.300. The zero-order valence-corrected chi connectivity index (χ0v) is 16.7. The van der Waals surface area contributed by atoms with Crippen molar-refractivity contribution in [1.82, 2.24) is 24.9 Å². The zero-order chi connectivity index (χ0) is 19.8. The van der Waals surface area contributed by atoms with Crippen molar-refractivity contribution in [2.75, 3.05) is 0 Å². The minimum atomic E-state index is -0.303. The van der Waals surface area contributed by atoms with Crippen molar-refractivity contribution in [3.63, 3.8) is 0 Å². The number of thioether (sulfide) groups is 1. The van der Waals surface area contributed by atoms with Gasteiger partial charge in [0.25, 0.3) is 0 Å². The summed E-state index contributed by atoms with van der Waals surface area (Å²) in [6.45, 7) is 0. The van der Waals surface area contributed by atoms with Crippen molar-refractivity contribution in [2.45, 2.75) is 29.8 Å². The molecule has 5 rings (SSSR count). The molecule has 4 aromatic rings. The topological polar surface area (TPSA) is 69.6 Å². The predicted octanol–water partition coefficient (Wildman–Crippen LogP) is 5.41. The van der Waals surface area contributed by atoms with Gasteiger partial charge in [-0.25, -0.2) is 4.39 Å². The average molecular weight is 428 g/mol. The van der Waals surface area contributed by atoms with Crippen LogP contribution in [0.25, 0.3) is 22.8 Å². The molecule has 146 valence electrons. The Kier molecular flexibility index (Phi) is 4.81. The summed E-state index contributed by atoms with van der Waals surface area (Å²) < 4.78 is 21.6. The Morgan fingerprint density at radius 1 is 1.10 bits per heavy atom. The number of hydrogen-bond donors (Lipinski definition) is 0. The summed E-state index contributed by atoms with van der Waals surface area (Å²) in [5.41, 5.74) is 1.29. The quantitative estimate of drug-likeness (QED) is 0.383. The lowest BCUT2D eigenvalue weighted by molar-refractivity contribution is 0.391. The van der Waals surface area contributed by atoms with E-state index in [1.807, 2.05) is 16.7 Å². The SMILES string of the molecule is Fc1ccccc1-c1nnc(SCc2nc(-c3ccc(Cl)cc3)no2)n1C1CC1. The summed E-state index contributed by atoms with van der Waals surface area (Å²) in [5.74, 6) is 1.69. The van der Waals surface area contributed by atoms with Crippen LogP contribution in [0.15, 0.2) is 58.2 Å². The summed E-state index contributed by atoms with van der Waals surface area (Å²) in [7, 11) is 0. The molecule has 0 radical (unpaired) electrons. The summed E-state index contributed by atoms with van der Waals surface area (Å²) in [6.07, 6.45) is 2.07. The molecule has 0 saturated heterocycles. The first-order valence-electron chi connectivity index (χ1n) is 9.10. The van der Waals surface area contributed by atoms with Gasteiger partial charge in [0.2, 0.25) is 11.7 Å². The van der Waals surface area contributed by atoms with Crippen LogP contribution in [-0.2, 0) is 5.75 Å². The summed E-state index contributed by atoms with van der Waals surface area (Å²) in [5, 5.41) is 13.9. The van der Waals surface area contributed by atoms with Crippen LogP contribution in [0.5, 0.6) is 0 Å². The standard InChI is InChI=1S/C20H15ClFN5OS/c21-13-7-5-12(6-8-13)18-23-17(28-26-18)11-29-20-25-24-19(27(20)14-9-10-14)15-3-1-2-4-16(15)22/h1-8,14H,9-11H2. The van der Waals surface area contributed by atoms with Gasteiger partial charge in [-0.15, -0.1) is 10.2 Å². The molecule has 1 saturated carbocycles. The number of nitrogens with zero attached hydrogens (tertiary/aromatic N) is 5. The molecule has 0 bridgehead atoms. The molecule has 1 aliphatic carbocycles. The summed E-state index contributed by atoms with van der Waals surface area (Å²) >= 11 is 7.37. The average Bonchev–Trinajstić information content (AvgIpc) is 3.31. The highest BCUT2D eigenvalue weighted by atomic mass is 35.5. The second-order valence-corrected chi connectivity index (χ2v) is 8.07. The molecular formula is C20H15ClFN5OS. The number of rotatable bonds is 6. The second-order valence-electron chi connectivity index (χ2n) is 6.69. The van der Waals surface area contributed by atoms with Crippen LogP contribution in [0.3, 0.4) is 0 Å². The van der Waals surface area contributed by atoms with E-state index in [-0.39, 0.29) is 5.82 Å². The fourth-order valence-electron chi connectivity index (χ4n) is 3.02. The third-order valence-electron chi connectivity index (χ3n) is 4.59. The van der Waals surface area contributed by atoms with E-state index in [9.17, 15) is 4.39 Å². The normalized spacial score (nSPS) is 13.7. The third kappa shape index (κ3) is 3.77. The van der Waals surface area contributed by atoms with E-state index in [1.165, 1.54) is 17.8 Å². The van der Waals surface area contributed by atoms with Gasteiger partial charge in [0, 0.05) is 16.6 Å². The molecule has 0 atom stereocenters. The van der Waals surface area contributed by atoms with Crippen LogP contribution in [-0.4, -0.2) is 24.9 Å². The van der Waals surface area contributed by atoms with E-state index in [0.717, 1.165) is 23.6 Å². The van der Waals surface area contributed by atoms with Gasteiger partial charge in [-0.1, -0.05) is 40.7 Å². The molecule has 29 heavy (non-hydrogen) atoms. The zero-order valence-electron chi connectivity index (χ0n) is 15.1. The van der Waals surface area contributed by atoms with Crippen LogP contribution in [0, 0.1) is 5.82 Å². The number of benzene rings is 2. The van der Waals surface area contributed by atoms with Crippen molar-refractivity contribution in [1.29, 1.82) is 0 Å². The number of hydrogen-bond acceptors (Lipinski definition) is 6. The fraction of sp³-hybridized carbons (Fsp3) is 0.200. The third-order valence-corrected chi connectivity index (χ3v) is 5.77. The van der Waals surface area contributed by atoms with Crippen molar-refractivity contribution < 1.29 is 8.91 Å². The first-order chi connectivity index (χ1) is 14.2. The van der Waals surface area contributed by atoms with Gasteiger partial charge in [-0.2, -0.15) is 4.98 Å². The molecule has 0 amide bonds. The minimum Gasteiger partial charge on any atom is -0.338 e. The Hall–Kier alpha value is -2.71. The Morgan fingerprint density at radius 2 is 1.90 bits per heavy atom. The maximum Gasteiger partial charge on any atom is 0.237 e. The maximum absolute atomic E-state index is 14.3. The Bertz CT molecular complexity index is 1160. The van der Waals surface area contributed by atoms with Gasteiger partial charge in [0.05, 0.1) is 11.3 Å². The highest BCUT2D eigenvalue weighted by Crippen LogP contribution is 2.41. The lowest BCUT2D eigenvalue weighted by Crippen LogP contribution is -2.01. The van der Waals surface area contributed by atoms with Crippen LogP contribution in [0.1, 0.15) is 24.8 Å². The van der Waals surface area contributed by atoms with Crippen LogP contribution < -0.4 is 0 Å². The molecule has 0 N–H and O–H groups in total. The highest BCUT2D eigenvalue weighted by molar-refractivity contribution is 7.98. The van der Waals surface area contributed by atoms with Crippen molar-refractivity contribution >= 4 is 23.4 Å². The maximum atomic E-state index is 14.3. The lowest BCUT2D eigenvalue weighted by Gasteiger charge is -2.08. The molecule has 9 heteroatoms. The number of aromatic nitrogens is 5. The van der Waals surface area contributed by atoms with Gasteiger partial charge in [-0.05, 0) is 49.2 Å². The molecule has 1 fully saturated rings. The monoisotopic (exact) mass is 427 g/mol. The first kappa shape index (κ1) is 18.3. The molecular weight excluding hydrogens is 413 g/mol. The van der Waals surface area contributed by atoms with Gasteiger partial charge in [-0.3, -0.25) is 4.57 Å². The second kappa shape index (κ2) is 7.61. The molecule has 0 spiro atoms. The molecule has 1 aliphatic rings. The number of halogens is 2. The summed E-state index contributed by atoms with van der Waals surface area (Å²) in [6, 6.07) is 14.2. The summed E-state index contributed by atoms with van der Waals surface area (Å²) in [4.78, 5) is 4.44. The smallest absolute Gasteiger partial charge is 0.237 e. The predicted molar refractivity (Wildman–Crippen MR) is 108 cm³/mol. The van der Waals surface area contributed by atoms with Crippen LogP contribution in [0.2, 0.25) is 5.02 Å². The molecule has 6 nitrogen and oxygen atoms in total. The van der Waals surface area contributed by atoms with Crippen LogP contribution in [0.4, 0.5) is 4.39 Å². The van der Waals surface area contributed by atoms with Crippen molar-refractivity contribution in [3.8, 4) is 22.8 Å². The molecule has 2 aromatic heterocycles. The van der Waals surface area contributed by atoms with Crippen molar-refractivity contribution in [3.05, 3.63) is 65.3 Å². The van der Waals surface area contributed by atoms with E-state index < -0.39 is 0 Å². The van der Waals surface area contributed by atoms with Gasteiger partial charge >= 0.3 is 0 Å². The van der Waals surface area contributed by atoms with E-state index in [0.29, 0.717) is 39.9 Å². The fourth-order valence-corrected chi connectivity index (χ4v) is 3.99. The Balaban J connectivity index is 1.37. The Morgan fingerprint density at radius 3 is 2.66 bits per heavy atom. The highest BCUT2D eigenvalue weighted by Gasteiger charge is 2.31. The van der Waals surface area contributed by atoms with Gasteiger partial charge in [0.15, 0.2) is 11.0 Å². The molecule has 2 aromatic carbocycles. The molecule has 0 aliphatic heterocycles. The van der Waals surface area contributed by atoms with Crippen molar-refractivity contribution in [2.24, 2.45) is 0 Å². The first-order valence-corrected chi connectivity index (χ1v) is 10.5. The largest absolute Gasteiger partial charge is 0.338 e. The van der Waals surface area contributed by atoms with E-state index >= 15 is 0 Å². The van der Waals surface area contributed by atoms with E-state index in [4.69, 9.17) is 16.1 Å². The Labute approximate surface area is 175 Å². The van der Waals surface area contributed by atoms with Crippen LogP contribution >= 0.6 is 23.4 Å². The molecule has 2 heterocycles. The van der Waals surface area contributed by atoms with E-state index in [1.54, 1.807) is 30.3 Å². The van der Waals surface area contributed by atoms with Gasteiger partial charge < -0.3 is 4.52 Å². The molecule has 0 unspecified atom stereocenters. The van der Waals surface area contributed by atoms with E-state index in [2.05, 4.69) is 20.3 Å². The van der Waals surface area contributed by atoms with Gasteiger partial charge in [0.1, 0.15) is 5.82 Å². The lowest BCUT2D eigenvalue weighted by atomic mass is 10.2.